The molecule has 0 bridgehead atoms. The summed E-state index contributed by atoms with van der Waals surface area (Å²) in [5.74, 6) is -9.17. The number of halogens is 5. The van der Waals surface area contributed by atoms with Gasteiger partial charge in [0.2, 0.25) is 0 Å². The maximum absolute atomic E-state index is 14.1. The molecule has 31 heteroatoms. The summed E-state index contributed by atoms with van der Waals surface area (Å²) in [4.78, 5) is 60.2. The highest BCUT2D eigenvalue weighted by atomic mass is 32.1. The highest BCUT2D eigenvalue weighted by Crippen LogP contribution is 2.35. The van der Waals surface area contributed by atoms with Crippen LogP contribution in [0.25, 0.3) is 41.4 Å². The molecule has 4 saturated heterocycles. The van der Waals surface area contributed by atoms with Crippen LogP contribution in [0.3, 0.4) is 0 Å². The van der Waals surface area contributed by atoms with Crippen molar-refractivity contribution in [1.29, 1.82) is 10.5 Å². The first kappa shape index (κ1) is 55.8. The Hall–Kier alpha value is -9.57. The topological polar surface area (TPSA) is 263 Å². The van der Waals surface area contributed by atoms with Crippen molar-refractivity contribution in [3.05, 3.63) is 186 Å². The Balaban J connectivity index is 0.000000154. The number of piperidine rings is 4. The fraction of sp³-hybridized carbons (Fsp3) is 0.439. The van der Waals surface area contributed by atoms with Crippen molar-refractivity contribution in [2.75, 3.05) is 73.6 Å². The van der Waals surface area contributed by atoms with Gasteiger partial charge in [-0.1, -0.05) is 125 Å². The van der Waals surface area contributed by atoms with Gasteiger partial charge in [-0.15, -0.1) is 0 Å². The summed E-state index contributed by atoms with van der Waals surface area (Å²) >= 11 is 5.01. The van der Waals surface area contributed by atoms with E-state index in [0.29, 0.717) is 86.1 Å². The molecule has 0 radical (unpaired) electrons. The molecular weight excluding hydrogens is 1520 g/mol. The van der Waals surface area contributed by atoms with E-state index >= 15 is 0 Å². The van der Waals surface area contributed by atoms with Gasteiger partial charge in [-0.2, -0.15) is 10.5 Å². The predicted octanol–water partition coefficient (Wildman–Crippen LogP) is 17.6. The minimum atomic E-state index is -1.45. The minimum Gasteiger partial charge on any atom is -0.365 e. The number of aromatic nitrogens is 12. The lowest BCUT2D eigenvalue weighted by molar-refractivity contribution is 0.211. The van der Waals surface area contributed by atoms with E-state index in [0.717, 1.165) is 21.2 Å². The summed E-state index contributed by atoms with van der Waals surface area (Å²) < 4.78 is 270. The number of nitrogens with one attached hydrogen (secondary N) is 4. The summed E-state index contributed by atoms with van der Waals surface area (Å²) in [7, 11) is 0. The van der Waals surface area contributed by atoms with Crippen molar-refractivity contribution in [1.82, 2.24) is 79.4 Å². The zero-order valence-corrected chi connectivity index (χ0v) is 65.9. The largest absolute Gasteiger partial charge is 0.365 e. The summed E-state index contributed by atoms with van der Waals surface area (Å²) in [5, 5.41) is 24.5. The van der Waals surface area contributed by atoms with E-state index in [-0.39, 0.29) is 154 Å². The molecular formula is C82H93F5N22S4. The quantitative estimate of drug-likeness (QED) is 0.0517. The molecule has 0 amide bonds. The van der Waals surface area contributed by atoms with Crippen LogP contribution in [0, 0.1) is 51.7 Å². The van der Waals surface area contributed by atoms with Gasteiger partial charge in [-0.3, -0.25) is 19.6 Å². The van der Waals surface area contributed by atoms with Gasteiger partial charge < -0.3 is 21.2 Å². The van der Waals surface area contributed by atoms with Gasteiger partial charge in [0, 0.05) is 143 Å². The Kier molecular flexibility index (Phi) is 18.8. The summed E-state index contributed by atoms with van der Waals surface area (Å²) in [6.45, 7) is 10.9. The first-order valence-corrected chi connectivity index (χ1v) is 39.2. The van der Waals surface area contributed by atoms with Crippen molar-refractivity contribution in [2.24, 2.45) is 0 Å². The first-order chi connectivity index (χ1) is 64.0. The second kappa shape index (κ2) is 38.0. The Morgan fingerprint density at radius 3 is 1.12 bits per heavy atom. The maximum atomic E-state index is 14.1. The van der Waals surface area contributed by atoms with Crippen molar-refractivity contribution in [3.8, 4) is 12.1 Å². The van der Waals surface area contributed by atoms with E-state index in [2.05, 4.69) is 59.8 Å². The highest BCUT2D eigenvalue weighted by Gasteiger charge is 2.28. The number of fused-ring (bicyclic) bond motifs is 4. The third-order valence-electron chi connectivity index (χ3n) is 17.7. The van der Waals surface area contributed by atoms with Crippen LogP contribution in [0.4, 0.5) is 45.2 Å². The smallest absolute Gasteiger partial charge is 0.162 e. The minimum absolute atomic E-state index is 0.0586. The van der Waals surface area contributed by atoms with Crippen LogP contribution >= 0.6 is 45.3 Å². The van der Waals surface area contributed by atoms with Crippen LogP contribution in [0.1, 0.15) is 211 Å². The van der Waals surface area contributed by atoms with E-state index in [1.165, 1.54) is 99.8 Å². The van der Waals surface area contributed by atoms with Gasteiger partial charge in [-0.05, 0) is 122 Å². The Morgan fingerprint density at radius 2 is 0.779 bits per heavy atom. The Labute approximate surface area is 704 Å². The van der Waals surface area contributed by atoms with E-state index < -0.39 is 139 Å². The van der Waals surface area contributed by atoms with Gasteiger partial charge in [0.25, 0.3) is 0 Å². The second-order valence-corrected chi connectivity index (χ2v) is 31.0. The molecule has 4 atom stereocenters. The number of nitriles is 2. The lowest BCUT2D eigenvalue weighted by atomic mass is 10.0. The van der Waals surface area contributed by atoms with Gasteiger partial charge in [0.15, 0.2) is 40.6 Å². The molecule has 4 N–H and O–H groups in total. The number of anilines is 4. The number of benzene rings is 4. The van der Waals surface area contributed by atoms with Gasteiger partial charge in [0.1, 0.15) is 90.2 Å². The fourth-order valence-electron chi connectivity index (χ4n) is 11.8. The average Bonchev–Trinajstić information content (AvgIpc) is 1.69. The van der Waals surface area contributed by atoms with Crippen LogP contribution < -0.4 is 21.2 Å². The molecule has 113 heavy (non-hydrogen) atoms. The third-order valence-corrected chi connectivity index (χ3v) is 22.4. The lowest BCUT2D eigenvalue weighted by Crippen LogP contribution is -2.38. The van der Waals surface area contributed by atoms with E-state index in [1.807, 2.05) is 11.0 Å². The lowest BCUT2D eigenvalue weighted by Gasteiger charge is -2.32. The van der Waals surface area contributed by atoms with Crippen LogP contribution in [-0.4, -0.2) is 156 Å². The molecule has 4 aliphatic rings. The van der Waals surface area contributed by atoms with E-state index in [9.17, 15) is 27.2 Å². The van der Waals surface area contributed by atoms with Crippen LogP contribution in [0.5, 0.6) is 0 Å². The SMILES string of the molecule is [2H]C(c1ccc(F)c(C#N)c1)N1CCC([2H])(N([2H])c2ncnc3sc(C([2H])(C)C)nc23)CC1.[2H]c1c(F)c([2H])c(C([2H])N2CCC([2H])(N([2H])c3ncnc4sc(C([2H])(C)C)nc34)CC2)c([2H])c1F.[2H]c1cc(F)c(F)c([2H])c1C([2H])N1CCC([2H])(N([2H])c2ncnc3sc(C([2H])(C)C)nc23)CC1.[2H]c1cc([2H])c(C([2H])N2CCC([2H])(N([2H])c3ncnc4sc(C([2H])(C)C)nc34)CC2)c([2H])c1C#N. The van der Waals surface area contributed by atoms with Crippen LogP contribution in [0.15, 0.2) is 104 Å². The number of nitrogens with zero attached hydrogens (tertiary/aromatic N) is 18. The van der Waals surface area contributed by atoms with Gasteiger partial charge >= 0.3 is 0 Å². The zero-order chi connectivity index (χ0) is 101. The molecule has 8 aromatic heterocycles. The van der Waals surface area contributed by atoms with Gasteiger partial charge in [-0.25, -0.2) is 81.8 Å². The van der Waals surface area contributed by atoms with E-state index in [4.69, 9.17) is 38.3 Å². The summed E-state index contributed by atoms with van der Waals surface area (Å²) in [5.41, 5.74) is 1.08. The third kappa shape index (κ3) is 21.7. The monoisotopic (exact) mass is 1630 g/mol. The first-order valence-electron chi connectivity index (χ1n) is 48.0. The summed E-state index contributed by atoms with van der Waals surface area (Å²) in [6.07, 6.45) is 6.59. The number of hydrogen-bond acceptors (Lipinski definition) is 26. The van der Waals surface area contributed by atoms with Crippen molar-refractivity contribution < 1.29 is 55.0 Å². The molecule has 590 valence electrons. The van der Waals surface area contributed by atoms with Crippen molar-refractivity contribution >= 4 is 110 Å². The molecule has 22 nitrogen and oxygen atoms in total. The molecule has 12 heterocycles. The number of likely N-dealkylation sites (tertiary alicyclic amines) is 4. The van der Waals surface area contributed by atoms with E-state index in [1.54, 1.807) is 71.3 Å². The summed E-state index contributed by atoms with van der Waals surface area (Å²) in [6, 6.07) is -0.693. The normalized spacial score (nSPS) is 21.6. The molecule has 16 rings (SSSR count). The molecule has 0 spiro atoms. The number of thiazole rings is 4. The molecule has 0 saturated carbocycles. The predicted molar refractivity (Wildman–Crippen MR) is 440 cm³/mol. The maximum Gasteiger partial charge on any atom is 0.162 e. The van der Waals surface area contributed by atoms with Crippen molar-refractivity contribution in [2.45, 2.75) is 180 Å². The standard InChI is InChI=1S/C21H23FN6S.C21H24N6S.2C20H23F2N5S/c1-13(2)20-27-18-19(24-12-25-21(18)29-20)26-16-5-7-28(8-6-16)11-14-3-4-17(22)15(9-14)10-23;1-14(2)20-26-18-19(23-13-24-21(18)28-20)25-17-6-8-27(9-7-17)12-16-5-3-4-15(10-16)11-22;1-12(2)19-26-17-18(23-11-24-20(17)28-19)25-16-3-5-27(6-4-16)10-13-7-14(21)9-15(22)8-13;1-12(2)19-26-17-18(23-11-24-20(17)28-19)25-14-5-7-27(8-6-14)10-13-3-4-15(21)16(22)9-13/h3-4,9,12-13,16H,5-8,11H2,1-2H3,(H,24,25,26);3-5,10,13-14,17H,6-9,12H2,1-2H3,(H,23,24,25);7-9,11-12,16H,3-6,10H2,1-2H3,(H,23,24,25);3-4,9,11-12,14H,5-8,10H2,1-2H3,(H,23,24,25)/i11D,13D,16D;4D,5D,10D,12D,14D,17D;7D,8D,9D,10D,12D,16D;3D,9D,10D,12D,14D/hD4. The van der Waals surface area contributed by atoms with Crippen molar-refractivity contribution in [3.63, 3.8) is 0 Å². The molecule has 12 aromatic rings. The zero-order valence-electron chi connectivity index (χ0n) is 86.7. The second-order valence-electron chi connectivity index (χ2n) is 27.1. The molecule has 4 aliphatic heterocycles. The average molecular weight is 1630 g/mol. The molecule has 0 aliphatic carbocycles. The highest BCUT2D eigenvalue weighted by molar-refractivity contribution is 7.19. The van der Waals surface area contributed by atoms with Crippen LogP contribution in [-0.2, 0) is 26.1 Å². The fourth-order valence-corrected chi connectivity index (χ4v) is 15.2. The number of hydrogen-bond donors (Lipinski definition) is 4. The number of rotatable bonds is 20. The molecule has 4 unspecified atom stereocenters. The van der Waals surface area contributed by atoms with Gasteiger partial charge in [0.05, 0.1) is 53.7 Å². The molecule has 4 fully saturated rings. The Morgan fingerprint density at radius 1 is 0.434 bits per heavy atom. The molecule has 4 aromatic carbocycles. The Bertz CT molecular complexity index is 6560. The van der Waals surface area contributed by atoms with Crippen LogP contribution in [0.2, 0.25) is 5.65 Å².